The summed E-state index contributed by atoms with van der Waals surface area (Å²) in [5, 5.41) is 0. The molecule has 1 heterocycles. The number of hydrogen-bond acceptors (Lipinski definition) is 3. The Labute approximate surface area is 82.9 Å². The third kappa shape index (κ3) is 1.76. The number of rotatable bonds is 2. The molecule has 0 fully saturated rings. The van der Waals surface area contributed by atoms with E-state index in [0.717, 1.165) is 5.82 Å². The molecule has 14 heavy (non-hydrogen) atoms. The van der Waals surface area contributed by atoms with Gasteiger partial charge in [-0.2, -0.15) is 0 Å². The molecule has 2 rings (SSSR count). The summed E-state index contributed by atoms with van der Waals surface area (Å²) in [6.07, 6.45) is 3.06. The van der Waals surface area contributed by atoms with Gasteiger partial charge in [-0.1, -0.05) is 37.3 Å². The Bertz CT molecular complexity index is 346. The van der Waals surface area contributed by atoms with Crippen LogP contribution in [0.3, 0.4) is 0 Å². The van der Waals surface area contributed by atoms with Crippen LogP contribution in [0, 0.1) is 0 Å². The van der Waals surface area contributed by atoms with Crippen molar-refractivity contribution in [3.8, 4) is 0 Å². The Morgan fingerprint density at radius 3 is 2.29 bits per heavy atom. The van der Waals surface area contributed by atoms with E-state index in [1.54, 1.807) is 0 Å². The molecule has 0 amide bonds. The molecule has 0 N–H and O–H groups in total. The number of aromatic nitrogens is 3. The first-order chi connectivity index (χ1) is 6.88. The lowest BCUT2D eigenvalue weighted by Crippen LogP contribution is -2.01. The summed E-state index contributed by atoms with van der Waals surface area (Å²) in [5.41, 5.74) is 1.22. The van der Waals surface area contributed by atoms with Gasteiger partial charge in [0.1, 0.15) is 18.5 Å². The van der Waals surface area contributed by atoms with Gasteiger partial charge in [0, 0.05) is 5.92 Å². The molecule has 0 aliphatic carbocycles. The second-order valence-electron chi connectivity index (χ2n) is 3.13. The molecule has 0 aliphatic heterocycles. The van der Waals surface area contributed by atoms with Gasteiger partial charge in [0.15, 0.2) is 0 Å². The first kappa shape index (κ1) is 8.81. The predicted octanol–water partition coefficient (Wildman–Crippen LogP) is 2.02. The summed E-state index contributed by atoms with van der Waals surface area (Å²) in [6, 6.07) is 10.2. The van der Waals surface area contributed by atoms with Crippen LogP contribution in [0.2, 0.25) is 0 Å². The lowest BCUT2D eigenvalue weighted by Gasteiger charge is -2.08. The van der Waals surface area contributed by atoms with E-state index in [0.29, 0.717) is 0 Å². The van der Waals surface area contributed by atoms with E-state index in [9.17, 15) is 0 Å². The second-order valence-corrected chi connectivity index (χ2v) is 3.13. The van der Waals surface area contributed by atoms with Gasteiger partial charge in [0.2, 0.25) is 0 Å². The molecule has 3 nitrogen and oxygen atoms in total. The van der Waals surface area contributed by atoms with E-state index in [2.05, 4.69) is 34.0 Å². The molecule has 1 atom stereocenters. The maximum Gasteiger partial charge on any atom is 0.139 e. The summed E-state index contributed by atoms with van der Waals surface area (Å²) in [4.78, 5) is 12.1. The highest BCUT2D eigenvalue weighted by Gasteiger charge is 2.09. The summed E-state index contributed by atoms with van der Waals surface area (Å²) < 4.78 is 0. The van der Waals surface area contributed by atoms with Crippen molar-refractivity contribution >= 4 is 0 Å². The monoisotopic (exact) mass is 185 g/mol. The van der Waals surface area contributed by atoms with Gasteiger partial charge >= 0.3 is 0 Å². The highest BCUT2D eigenvalue weighted by Crippen LogP contribution is 2.19. The van der Waals surface area contributed by atoms with Crippen molar-refractivity contribution < 1.29 is 0 Å². The zero-order valence-electron chi connectivity index (χ0n) is 7.96. The Balaban J connectivity index is 2.30. The average molecular weight is 185 g/mol. The van der Waals surface area contributed by atoms with Gasteiger partial charge in [0.05, 0.1) is 0 Å². The number of benzene rings is 1. The molecule has 70 valence electrons. The van der Waals surface area contributed by atoms with Crippen LogP contribution in [0.1, 0.15) is 24.2 Å². The van der Waals surface area contributed by atoms with Crippen LogP contribution in [-0.2, 0) is 0 Å². The average Bonchev–Trinajstić information content (AvgIpc) is 2.30. The van der Waals surface area contributed by atoms with E-state index in [1.807, 2.05) is 18.2 Å². The van der Waals surface area contributed by atoms with Crippen molar-refractivity contribution in [3.05, 3.63) is 54.4 Å². The molecule has 1 unspecified atom stereocenters. The van der Waals surface area contributed by atoms with Crippen molar-refractivity contribution in [1.29, 1.82) is 0 Å². The fraction of sp³-hybridized carbons (Fsp3) is 0.182. The van der Waals surface area contributed by atoms with E-state index in [-0.39, 0.29) is 5.92 Å². The van der Waals surface area contributed by atoms with Crippen molar-refractivity contribution in [2.24, 2.45) is 0 Å². The maximum absolute atomic E-state index is 4.13. The minimum atomic E-state index is 0.221. The van der Waals surface area contributed by atoms with E-state index < -0.39 is 0 Å². The first-order valence-corrected chi connectivity index (χ1v) is 4.55. The van der Waals surface area contributed by atoms with Crippen LogP contribution in [0.5, 0.6) is 0 Å². The van der Waals surface area contributed by atoms with Gasteiger partial charge in [-0.25, -0.2) is 15.0 Å². The van der Waals surface area contributed by atoms with Crippen LogP contribution < -0.4 is 0 Å². The standard InChI is InChI=1S/C11H11N3/c1-9(10-5-3-2-4-6-10)11-13-7-12-8-14-11/h2-9H,1H3. The smallest absolute Gasteiger partial charge is 0.139 e. The van der Waals surface area contributed by atoms with Crippen molar-refractivity contribution in [2.45, 2.75) is 12.8 Å². The van der Waals surface area contributed by atoms with Crippen LogP contribution in [-0.4, -0.2) is 15.0 Å². The van der Waals surface area contributed by atoms with Crippen molar-refractivity contribution in [2.75, 3.05) is 0 Å². The molecule has 3 heteroatoms. The SMILES string of the molecule is CC(c1ccccc1)c1ncncn1. The molecule has 0 bridgehead atoms. The first-order valence-electron chi connectivity index (χ1n) is 4.55. The highest BCUT2D eigenvalue weighted by molar-refractivity contribution is 5.23. The van der Waals surface area contributed by atoms with Crippen LogP contribution in [0.15, 0.2) is 43.0 Å². The summed E-state index contributed by atoms with van der Waals surface area (Å²) in [7, 11) is 0. The lowest BCUT2D eigenvalue weighted by molar-refractivity contribution is 0.796. The molecular formula is C11H11N3. The number of nitrogens with zero attached hydrogens (tertiary/aromatic N) is 3. The minimum Gasteiger partial charge on any atom is -0.225 e. The van der Waals surface area contributed by atoms with Crippen LogP contribution in [0.25, 0.3) is 0 Å². The van der Waals surface area contributed by atoms with Crippen LogP contribution in [0.4, 0.5) is 0 Å². The van der Waals surface area contributed by atoms with E-state index >= 15 is 0 Å². The maximum atomic E-state index is 4.13. The van der Waals surface area contributed by atoms with E-state index in [4.69, 9.17) is 0 Å². The topological polar surface area (TPSA) is 38.7 Å². The molecule has 1 aromatic heterocycles. The van der Waals surface area contributed by atoms with Crippen molar-refractivity contribution in [3.63, 3.8) is 0 Å². The molecule has 0 aliphatic rings. The fourth-order valence-electron chi connectivity index (χ4n) is 1.36. The predicted molar refractivity (Wildman–Crippen MR) is 53.8 cm³/mol. The van der Waals surface area contributed by atoms with Gasteiger partial charge in [-0.05, 0) is 5.56 Å². The third-order valence-corrected chi connectivity index (χ3v) is 2.20. The summed E-state index contributed by atoms with van der Waals surface area (Å²) in [6.45, 7) is 2.09. The molecule has 0 saturated carbocycles. The van der Waals surface area contributed by atoms with Gasteiger partial charge in [0.25, 0.3) is 0 Å². The van der Waals surface area contributed by atoms with Gasteiger partial charge in [-0.3, -0.25) is 0 Å². The van der Waals surface area contributed by atoms with Gasteiger partial charge < -0.3 is 0 Å². The highest BCUT2D eigenvalue weighted by atomic mass is 15.0. The third-order valence-electron chi connectivity index (χ3n) is 2.20. The molecular weight excluding hydrogens is 174 g/mol. The minimum absolute atomic E-state index is 0.221. The quantitative estimate of drug-likeness (QED) is 0.718. The Kier molecular flexibility index (Phi) is 2.49. The zero-order valence-corrected chi connectivity index (χ0v) is 7.96. The van der Waals surface area contributed by atoms with Crippen LogP contribution >= 0.6 is 0 Å². The molecule has 0 saturated heterocycles. The summed E-state index contributed by atoms with van der Waals surface area (Å²) in [5.74, 6) is 1.03. The molecule has 0 spiro atoms. The normalized spacial score (nSPS) is 12.4. The fourth-order valence-corrected chi connectivity index (χ4v) is 1.36. The largest absolute Gasteiger partial charge is 0.225 e. The van der Waals surface area contributed by atoms with E-state index in [1.165, 1.54) is 18.2 Å². The molecule has 1 aromatic carbocycles. The summed E-state index contributed by atoms with van der Waals surface area (Å²) >= 11 is 0. The Morgan fingerprint density at radius 1 is 1.00 bits per heavy atom. The second kappa shape index (κ2) is 3.96. The number of hydrogen-bond donors (Lipinski definition) is 0. The molecule has 0 radical (unpaired) electrons. The Hall–Kier alpha value is -1.77. The van der Waals surface area contributed by atoms with Crippen molar-refractivity contribution in [1.82, 2.24) is 15.0 Å². The zero-order chi connectivity index (χ0) is 9.80. The lowest BCUT2D eigenvalue weighted by atomic mass is 10.0. The molecule has 2 aromatic rings. The Morgan fingerprint density at radius 2 is 1.64 bits per heavy atom. The van der Waals surface area contributed by atoms with Gasteiger partial charge in [-0.15, -0.1) is 0 Å².